The van der Waals surface area contributed by atoms with Crippen molar-refractivity contribution in [3.63, 3.8) is 0 Å². The molecule has 2 N–H and O–H groups in total. The fraction of sp³-hybridized carbons (Fsp3) is 0.643. The van der Waals surface area contributed by atoms with Crippen molar-refractivity contribution >= 4 is 11.7 Å². The van der Waals surface area contributed by atoms with Crippen LogP contribution in [0.15, 0.2) is 12.1 Å². The zero-order chi connectivity index (χ0) is 14.2. The molecule has 1 aromatic heterocycles. The second-order valence-corrected chi connectivity index (χ2v) is 5.00. The molecule has 0 atom stereocenters. The highest BCUT2D eigenvalue weighted by Gasteiger charge is 2.15. The maximum absolute atomic E-state index is 11.9. The number of ether oxygens (including phenoxy) is 1. The average Bonchev–Trinajstić information content (AvgIpc) is 2.52. The fourth-order valence-electron chi connectivity index (χ4n) is 2.08. The summed E-state index contributed by atoms with van der Waals surface area (Å²) < 4.78 is 5.29. The molecule has 0 bridgehead atoms. The molecule has 0 aliphatic carbocycles. The minimum absolute atomic E-state index is 0.161. The van der Waals surface area contributed by atoms with Crippen LogP contribution in [-0.2, 0) is 4.74 Å². The van der Waals surface area contributed by atoms with E-state index in [2.05, 4.69) is 27.8 Å². The number of carbonyl (C=O) groups is 1. The lowest BCUT2D eigenvalue weighted by Crippen LogP contribution is -2.32. The van der Waals surface area contributed by atoms with E-state index in [1.807, 2.05) is 0 Å². The van der Waals surface area contributed by atoms with E-state index < -0.39 is 0 Å². The molecule has 1 aromatic rings. The summed E-state index contributed by atoms with van der Waals surface area (Å²) >= 11 is 0. The van der Waals surface area contributed by atoms with Crippen molar-refractivity contribution in [2.75, 3.05) is 31.6 Å². The van der Waals surface area contributed by atoms with Gasteiger partial charge in [-0.15, -0.1) is 10.2 Å². The highest BCUT2D eigenvalue weighted by Crippen LogP contribution is 2.13. The van der Waals surface area contributed by atoms with E-state index in [4.69, 9.17) is 4.74 Å². The van der Waals surface area contributed by atoms with Crippen LogP contribution >= 0.6 is 0 Å². The summed E-state index contributed by atoms with van der Waals surface area (Å²) in [5.74, 6) is 1.05. The van der Waals surface area contributed by atoms with E-state index in [1.54, 1.807) is 12.1 Å². The zero-order valence-corrected chi connectivity index (χ0v) is 11.9. The molecule has 0 radical (unpaired) electrons. The largest absolute Gasteiger partial charge is 0.381 e. The first-order valence-corrected chi connectivity index (χ1v) is 7.23. The number of nitrogens with one attached hydrogen (secondary N) is 2. The fourth-order valence-corrected chi connectivity index (χ4v) is 2.08. The maximum Gasteiger partial charge on any atom is 0.271 e. The summed E-state index contributed by atoms with van der Waals surface area (Å²) in [4.78, 5) is 11.9. The molecular weight excluding hydrogens is 256 g/mol. The molecule has 0 unspecified atom stereocenters. The summed E-state index contributed by atoms with van der Waals surface area (Å²) in [6, 6.07) is 3.48. The van der Waals surface area contributed by atoms with Gasteiger partial charge in [0.1, 0.15) is 5.82 Å². The van der Waals surface area contributed by atoms with Crippen molar-refractivity contribution in [1.29, 1.82) is 0 Å². The summed E-state index contributed by atoms with van der Waals surface area (Å²) in [7, 11) is 0. The van der Waals surface area contributed by atoms with Crippen molar-refractivity contribution in [2.45, 2.75) is 26.2 Å². The summed E-state index contributed by atoms with van der Waals surface area (Å²) in [5.41, 5.74) is 0.360. The van der Waals surface area contributed by atoms with Crippen LogP contribution in [0.25, 0.3) is 0 Å². The Hall–Kier alpha value is -1.69. The van der Waals surface area contributed by atoms with Crippen LogP contribution in [0.3, 0.4) is 0 Å². The third-order valence-corrected chi connectivity index (χ3v) is 3.35. The van der Waals surface area contributed by atoms with Crippen LogP contribution in [0.2, 0.25) is 0 Å². The Kier molecular flexibility index (Phi) is 5.73. The van der Waals surface area contributed by atoms with Crippen LogP contribution in [0.5, 0.6) is 0 Å². The molecule has 2 heterocycles. The minimum atomic E-state index is -0.161. The molecule has 1 fully saturated rings. The highest BCUT2D eigenvalue weighted by atomic mass is 16.5. The van der Waals surface area contributed by atoms with Gasteiger partial charge in [0.15, 0.2) is 5.69 Å². The molecular formula is C14H22N4O2. The predicted octanol–water partition coefficient (Wildman–Crippen LogP) is 1.45. The van der Waals surface area contributed by atoms with Crippen LogP contribution in [0.1, 0.15) is 36.7 Å². The van der Waals surface area contributed by atoms with Crippen LogP contribution in [-0.4, -0.2) is 42.4 Å². The number of rotatable bonds is 6. The van der Waals surface area contributed by atoms with Gasteiger partial charge in [-0.2, -0.15) is 0 Å². The number of amides is 1. The predicted molar refractivity (Wildman–Crippen MR) is 76.7 cm³/mol. The van der Waals surface area contributed by atoms with Gasteiger partial charge < -0.3 is 15.4 Å². The molecule has 1 saturated heterocycles. The topological polar surface area (TPSA) is 76.1 Å². The number of nitrogens with zero attached hydrogens (tertiary/aromatic N) is 2. The Morgan fingerprint density at radius 2 is 2.15 bits per heavy atom. The van der Waals surface area contributed by atoms with Crippen LogP contribution < -0.4 is 10.6 Å². The van der Waals surface area contributed by atoms with Gasteiger partial charge >= 0.3 is 0 Å². The van der Waals surface area contributed by atoms with E-state index in [-0.39, 0.29) is 5.91 Å². The Morgan fingerprint density at radius 1 is 1.35 bits per heavy atom. The molecule has 6 heteroatoms. The molecule has 1 amide bonds. The van der Waals surface area contributed by atoms with E-state index in [1.165, 1.54) is 0 Å². The number of aromatic nitrogens is 2. The highest BCUT2D eigenvalue weighted by molar-refractivity contribution is 5.92. The van der Waals surface area contributed by atoms with Crippen molar-refractivity contribution in [3.05, 3.63) is 17.8 Å². The van der Waals surface area contributed by atoms with Gasteiger partial charge in [-0.05, 0) is 37.3 Å². The zero-order valence-electron chi connectivity index (χ0n) is 11.9. The number of anilines is 1. The first-order chi connectivity index (χ1) is 9.79. The molecule has 1 aliphatic rings. The van der Waals surface area contributed by atoms with Gasteiger partial charge in [-0.25, -0.2) is 0 Å². The average molecular weight is 278 g/mol. The van der Waals surface area contributed by atoms with Gasteiger partial charge in [0.25, 0.3) is 5.91 Å². The SMILES string of the molecule is CCCNc1ccc(C(=O)NCC2CCOCC2)nn1. The lowest BCUT2D eigenvalue weighted by Gasteiger charge is -2.21. The smallest absolute Gasteiger partial charge is 0.271 e. The number of carbonyl (C=O) groups excluding carboxylic acids is 1. The van der Waals surface area contributed by atoms with E-state index in [0.29, 0.717) is 24.0 Å². The van der Waals surface area contributed by atoms with Crippen molar-refractivity contribution in [1.82, 2.24) is 15.5 Å². The number of hydrogen-bond donors (Lipinski definition) is 2. The monoisotopic (exact) mass is 278 g/mol. The minimum Gasteiger partial charge on any atom is -0.381 e. The van der Waals surface area contributed by atoms with E-state index in [0.717, 1.165) is 39.0 Å². The summed E-state index contributed by atoms with van der Waals surface area (Å²) in [6.45, 7) is 5.19. The van der Waals surface area contributed by atoms with Crippen molar-refractivity contribution in [2.24, 2.45) is 5.92 Å². The van der Waals surface area contributed by atoms with E-state index >= 15 is 0 Å². The lowest BCUT2D eigenvalue weighted by atomic mass is 10.0. The molecule has 0 saturated carbocycles. The first-order valence-electron chi connectivity index (χ1n) is 7.23. The third-order valence-electron chi connectivity index (χ3n) is 3.35. The van der Waals surface area contributed by atoms with Gasteiger partial charge in [-0.1, -0.05) is 6.92 Å². The van der Waals surface area contributed by atoms with Gasteiger partial charge in [0.2, 0.25) is 0 Å². The van der Waals surface area contributed by atoms with Gasteiger partial charge in [-0.3, -0.25) is 4.79 Å². The second-order valence-electron chi connectivity index (χ2n) is 5.00. The second kappa shape index (κ2) is 7.79. The standard InChI is InChI=1S/C14H22N4O2/c1-2-7-15-13-4-3-12(17-18-13)14(19)16-10-11-5-8-20-9-6-11/h3-4,11H,2,5-10H2,1H3,(H,15,18)(H,16,19). The summed E-state index contributed by atoms with van der Waals surface area (Å²) in [6.07, 6.45) is 3.03. The molecule has 1 aliphatic heterocycles. The summed E-state index contributed by atoms with van der Waals surface area (Å²) in [5, 5.41) is 14.0. The maximum atomic E-state index is 11.9. The molecule has 0 spiro atoms. The van der Waals surface area contributed by atoms with E-state index in [9.17, 15) is 4.79 Å². The first kappa shape index (κ1) is 14.7. The Bertz CT molecular complexity index is 416. The Balaban J connectivity index is 1.79. The molecule has 0 aromatic carbocycles. The lowest BCUT2D eigenvalue weighted by molar-refractivity contribution is 0.0642. The van der Waals surface area contributed by atoms with Crippen molar-refractivity contribution < 1.29 is 9.53 Å². The molecule has 20 heavy (non-hydrogen) atoms. The molecule has 110 valence electrons. The Labute approximate surface area is 119 Å². The quantitative estimate of drug-likeness (QED) is 0.823. The van der Waals surface area contributed by atoms with Crippen molar-refractivity contribution in [3.8, 4) is 0 Å². The van der Waals surface area contributed by atoms with Crippen LogP contribution in [0, 0.1) is 5.92 Å². The normalized spacial score (nSPS) is 15.8. The third kappa shape index (κ3) is 4.45. The molecule has 6 nitrogen and oxygen atoms in total. The molecule has 2 rings (SSSR count). The van der Waals surface area contributed by atoms with Gasteiger partial charge in [0.05, 0.1) is 0 Å². The number of hydrogen-bond acceptors (Lipinski definition) is 5. The van der Waals surface area contributed by atoms with Crippen LogP contribution in [0.4, 0.5) is 5.82 Å². The Morgan fingerprint density at radius 3 is 2.80 bits per heavy atom. The van der Waals surface area contributed by atoms with Gasteiger partial charge in [0, 0.05) is 26.3 Å².